The Kier molecular flexibility index (Phi) is 6.51. The van der Waals surface area contributed by atoms with Crippen molar-refractivity contribution >= 4 is 40.6 Å². The highest BCUT2D eigenvalue weighted by Gasteiger charge is 2.26. The number of aryl methyl sites for hydroxylation is 1. The van der Waals surface area contributed by atoms with Crippen LogP contribution in [0.5, 0.6) is 0 Å². The minimum atomic E-state index is -0.621. The number of carbonyl (C=O) groups is 3. The van der Waals surface area contributed by atoms with Gasteiger partial charge in [-0.15, -0.1) is 16.4 Å². The lowest BCUT2D eigenvalue weighted by molar-refractivity contribution is -0.139. The Morgan fingerprint density at radius 2 is 1.96 bits per heavy atom. The molecule has 1 fully saturated rings. The van der Waals surface area contributed by atoms with Crippen LogP contribution in [0.1, 0.15) is 33.1 Å². The second kappa shape index (κ2) is 9.05. The van der Waals surface area contributed by atoms with Gasteiger partial charge in [-0.25, -0.2) is 0 Å². The Hall–Kier alpha value is -2.33. The molecule has 3 rings (SSSR count). The number of hydrogen-bond acceptors (Lipinski definition) is 7. The largest absolute Gasteiger partial charge is 0.348 e. The van der Waals surface area contributed by atoms with Gasteiger partial charge in [0.1, 0.15) is 4.88 Å². The van der Waals surface area contributed by atoms with Crippen LogP contribution in [0.15, 0.2) is 17.5 Å². The van der Waals surface area contributed by atoms with Gasteiger partial charge in [-0.2, -0.15) is 0 Å². The molecular weight excluding hydrogens is 386 g/mol. The first kappa shape index (κ1) is 19.4. The fourth-order valence-corrected chi connectivity index (χ4v) is 4.16. The van der Waals surface area contributed by atoms with E-state index in [0.29, 0.717) is 36.8 Å². The third kappa shape index (κ3) is 5.10. The molecule has 27 heavy (non-hydrogen) atoms. The third-order valence-corrected chi connectivity index (χ3v) is 6.20. The Morgan fingerprint density at radius 1 is 1.22 bits per heavy atom. The topological polar surface area (TPSA) is 104 Å². The van der Waals surface area contributed by atoms with Crippen LogP contribution in [0, 0.1) is 12.8 Å². The van der Waals surface area contributed by atoms with Gasteiger partial charge in [0.15, 0.2) is 0 Å². The predicted molar refractivity (Wildman–Crippen MR) is 102 cm³/mol. The molecule has 0 aromatic carbocycles. The van der Waals surface area contributed by atoms with Crippen LogP contribution in [0.3, 0.4) is 0 Å². The fraction of sp³-hybridized carbons (Fsp3) is 0.471. The number of carbonyl (C=O) groups excluding carboxylic acids is 3. The molecule has 3 amide bonds. The average molecular weight is 408 g/mol. The van der Waals surface area contributed by atoms with Crippen molar-refractivity contribution in [3.63, 3.8) is 0 Å². The second-order valence-electron chi connectivity index (χ2n) is 6.40. The van der Waals surface area contributed by atoms with E-state index in [4.69, 9.17) is 0 Å². The molecule has 144 valence electrons. The minimum absolute atomic E-state index is 0.0297. The SMILES string of the molecule is Cc1nnsc1C(=O)N1CCC(CNC(=O)C(=O)NCc2cccs2)CC1. The van der Waals surface area contributed by atoms with Gasteiger partial charge in [0, 0.05) is 24.5 Å². The highest BCUT2D eigenvalue weighted by Crippen LogP contribution is 2.20. The molecule has 0 radical (unpaired) electrons. The van der Waals surface area contributed by atoms with E-state index >= 15 is 0 Å². The molecule has 2 aromatic rings. The Bertz CT molecular complexity index is 797. The zero-order valence-corrected chi connectivity index (χ0v) is 16.6. The lowest BCUT2D eigenvalue weighted by Gasteiger charge is -2.31. The van der Waals surface area contributed by atoms with Crippen molar-refractivity contribution < 1.29 is 14.4 Å². The van der Waals surface area contributed by atoms with E-state index in [2.05, 4.69) is 20.2 Å². The summed E-state index contributed by atoms with van der Waals surface area (Å²) in [5.74, 6) is -1.01. The maximum absolute atomic E-state index is 12.4. The normalized spacial score (nSPS) is 14.8. The molecule has 0 spiro atoms. The summed E-state index contributed by atoms with van der Waals surface area (Å²) >= 11 is 2.65. The molecule has 1 aliphatic rings. The molecule has 3 heterocycles. The van der Waals surface area contributed by atoms with Crippen molar-refractivity contribution in [2.24, 2.45) is 5.92 Å². The molecule has 10 heteroatoms. The summed E-state index contributed by atoms with van der Waals surface area (Å²) in [6.07, 6.45) is 1.57. The number of likely N-dealkylation sites (tertiary alicyclic amines) is 1. The molecule has 0 atom stereocenters. The molecule has 1 aliphatic heterocycles. The van der Waals surface area contributed by atoms with Gasteiger partial charge in [-0.3, -0.25) is 14.4 Å². The van der Waals surface area contributed by atoms with Crippen molar-refractivity contribution in [3.05, 3.63) is 33.0 Å². The van der Waals surface area contributed by atoms with Crippen molar-refractivity contribution in [2.45, 2.75) is 26.3 Å². The lowest BCUT2D eigenvalue weighted by atomic mass is 9.96. The number of aromatic nitrogens is 2. The van der Waals surface area contributed by atoms with E-state index in [1.54, 1.807) is 11.8 Å². The molecule has 0 aliphatic carbocycles. The van der Waals surface area contributed by atoms with E-state index in [9.17, 15) is 14.4 Å². The summed E-state index contributed by atoms with van der Waals surface area (Å²) in [6, 6.07) is 3.80. The van der Waals surface area contributed by atoms with E-state index in [1.165, 1.54) is 11.3 Å². The summed E-state index contributed by atoms with van der Waals surface area (Å²) in [5, 5.41) is 11.1. The lowest BCUT2D eigenvalue weighted by Crippen LogP contribution is -2.44. The molecule has 0 saturated carbocycles. The number of hydrogen-bond donors (Lipinski definition) is 2. The summed E-state index contributed by atoms with van der Waals surface area (Å²) in [6.45, 7) is 3.83. The van der Waals surface area contributed by atoms with E-state index in [-0.39, 0.29) is 11.8 Å². The molecule has 0 unspecified atom stereocenters. The average Bonchev–Trinajstić information content (AvgIpc) is 3.35. The number of amides is 3. The second-order valence-corrected chi connectivity index (χ2v) is 8.18. The van der Waals surface area contributed by atoms with Crippen LogP contribution < -0.4 is 10.6 Å². The first-order valence-corrected chi connectivity index (χ1v) is 10.4. The van der Waals surface area contributed by atoms with Crippen molar-refractivity contribution in [2.75, 3.05) is 19.6 Å². The predicted octanol–water partition coefficient (Wildman–Crippen LogP) is 1.19. The molecule has 8 nitrogen and oxygen atoms in total. The first-order valence-electron chi connectivity index (χ1n) is 8.71. The van der Waals surface area contributed by atoms with Gasteiger partial charge in [0.2, 0.25) is 0 Å². The van der Waals surface area contributed by atoms with Gasteiger partial charge < -0.3 is 15.5 Å². The minimum Gasteiger partial charge on any atom is -0.348 e. The van der Waals surface area contributed by atoms with Gasteiger partial charge >= 0.3 is 11.8 Å². The molecule has 1 saturated heterocycles. The molecule has 0 bridgehead atoms. The van der Waals surface area contributed by atoms with Gasteiger partial charge in [-0.05, 0) is 48.7 Å². The van der Waals surface area contributed by atoms with Gasteiger partial charge in [0.25, 0.3) is 5.91 Å². The Labute approximate surface area is 165 Å². The van der Waals surface area contributed by atoms with Crippen LogP contribution in [0.2, 0.25) is 0 Å². The number of nitrogens with one attached hydrogen (secondary N) is 2. The standard InChI is InChI=1S/C17H21N5O3S2/c1-11-14(27-21-20-11)17(25)22-6-4-12(5-7-22)9-18-15(23)16(24)19-10-13-3-2-8-26-13/h2-3,8,12H,4-7,9-10H2,1H3,(H,18,23)(H,19,24). The zero-order valence-electron chi connectivity index (χ0n) is 14.9. The van der Waals surface area contributed by atoms with Crippen molar-refractivity contribution in [3.8, 4) is 0 Å². The van der Waals surface area contributed by atoms with Gasteiger partial charge in [-0.1, -0.05) is 10.6 Å². The number of nitrogens with zero attached hydrogens (tertiary/aromatic N) is 3. The van der Waals surface area contributed by atoms with E-state index < -0.39 is 11.8 Å². The molecular formula is C17H21N5O3S2. The van der Waals surface area contributed by atoms with E-state index in [0.717, 1.165) is 29.3 Å². The van der Waals surface area contributed by atoms with Crippen molar-refractivity contribution in [1.82, 2.24) is 25.1 Å². The quantitative estimate of drug-likeness (QED) is 0.725. The summed E-state index contributed by atoms with van der Waals surface area (Å²) in [5.41, 5.74) is 0.660. The van der Waals surface area contributed by atoms with Crippen LogP contribution in [0.25, 0.3) is 0 Å². The molecule has 2 N–H and O–H groups in total. The number of piperidine rings is 1. The maximum atomic E-state index is 12.4. The summed E-state index contributed by atoms with van der Waals surface area (Å²) in [7, 11) is 0. The highest BCUT2D eigenvalue weighted by molar-refractivity contribution is 7.09. The Morgan fingerprint density at radius 3 is 2.59 bits per heavy atom. The Balaban J connectivity index is 1.37. The third-order valence-electron chi connectivity index (χ3n) is 4.51. The zero-order chi connectivity index (χ0) is 19.2. The number of rotatable bonds is 5. The first-order chi connectivity index (χ1) is 13.0. The van der Waals surface area contributed by atoms with Crippen LogP contribution >= 0.6 is 22.9 Å². The maximum Gasteiger partial charge on any atom is 0.309 e. The highest BCUT2D eigenvalue weighted by atomic mass is 32.1. The van der Waals surface area contributed by atoms with E-state index in [1.807, 2.05) is 17.5 Å². The summed E-state index contributed by atoms with van der Waals surface area (Å²) < 4.78 is 3.81. The fourth-order valence-electron chi connectivity index (χ4n) is 2.89. The van der Waals surface area contributed by atoms with Crippen LogP contribution in [0.4, 0.5) is 0 Å². The van der Waals surface area contributed by atoms with Gasteiger partial charge in [0.05, 0.1) is 12.2 Å². The smallest absolute Gasteiger partial charge is 0.309 e. The summed E-state index contributed by atoms with van der Waals surface area (Å²) in [4.78, 5) is 39.6. The monoisotopic (exact) mass is 407 g/mol. The van der Waals surface area contributed by atoms with Crippen molar-refractivity contribution in [1.29, 1.82) is 0 Å². The van der Waals surface area contributed by atoms with Crippen LogP contribution in [-0.4, -0.2) is 51.8 Å². The number of thiophene rings is 1. The van der Waals surface area contributed by atoms with Crippen LogP contribution in [-0.2, 0) is 16.1 Å². The molecule has 2 aromatic heterocycles.